The van der Waals surface area contributed by atoms with Crippen LogP contribution in [-0.4, -0.2) is 29.2 Å². The largest absolute Gasteiger partial charge is 0.392 e. The first kappa shape index (κ1) is 12.6. The average Bonchev–Trinajstić information content (AvgIpc) is 3.01. The van der Waals surface area contributed by atoms with Crippen LogP contribution in [0.2, 0.25) is 0 Å². The standard InChI is InChI=1S/C15H23NOS/c17-13-8-9-16(10-13)11-14-6-7-15(18-14)12-4-2-1-3-5-12/h6-7,12-13,17H,1-5,8-11H2. The molecular weight excluding hydrogens is 242 g/mol. The Bertz CT molecular complexity index is 384. The van der Waals surface area contributed by atoms with Gasteiger partial charge in [-0.15, -0.1) is 11.3 Å². The van der Waals surface area contributed by atoms with Crippen molar-refractivity contribution < 1.29 is 5.11 Å². The van der Waals surface area contributed by atoms with Crippen molar-refractivity contribution in [3.8, 4) is 0 Å². The van der Waals surface area contributed by atoms with E-state index in [4.69, 9.17) is 0 Å². The second-order valence-corrected chi connectivity index (χ2v) is 7.02. The van der Waals surface area contributed by atoms with Crippen LogP contribution in [0.1, 0.15) is 54.2 Å². The van der Waals surface area contributed by atoms with E-state index in [1.807, 2.05) is 11.3 Å². The summed E-state index contributed by atoms with van der Waals surface area (Å²) in [5.41, 5.74) is 0. The minimum absolute atomic E-state index is 0.0947. The number of nitrogens with zero attached hydrogens (tertiary/aromatic N) is 1. The Morgan fingerprint density at radius 3 is 2.72 bits per heavy atom. The number of likely N-dealkylation sites (tertiary alicyclic amines) is 1. The molecule has 1 aromatic heterocycles. The minimum Gasteiger partial charge on any atom is -0.392 e. The fourth-order valence-electron chi connectivity index (χ4n) is 3.26. The van der Waals surface area contributed by atoms with Gasteiger partial charge in [0, 0.05) is 29.4 Å². The van der Waals surface area contributed by atoms with Crippen LogP contribution in [0.3, 0.4) is 0 Å². The van der Waals surface area contributed by atoms with Crippen LogP contribution in [0.4, 0.5) is 0 Å². The molecule has 1 atom stereocenters. The molecule has 0 bridgehead atoms. The quantitative estimate of drug-likeness (QED) is 0.906. The Kier molecular flexibility index (Phi) is 4.02. The maximum atomic E-state index is 9.55. The van der Waals surface area contributed by atoms with Crippen LogP contribution in [0.15, 0.2) is 12.1 Å². The van der Waals surface area contributed by atoms with Crippen LogP contribution < -0.4 is 0 Å². The van der Waals surface area contributed by atoms with E-state index in [0.717, 1.165) is 32.0 Å². The summed E-state index contributed by atoms with van der Waals surface area (Å²) < 4.78 is 0. The van der Waals surface area contributed by atoms with Crippen molar-refractivity contribution in [2.75, 3.05) is 13.1 Å². The van der Waals surface area contributed by atoms with Gasteiger partial charge in [-0.2, -0.15) is 0 Å². The average molecular weight is 265 g/mol. The molecule has 0 radical (unpaired) electrons. The summed E-state index contributed by atoms with van der Waals surface area (Å²) in [6, 6.07) is 4.65. The molecule has 0 amide bonds. The molecular formula is C15H23NOS. The molecule has 2 fully saturated rings. The van der Waals surface area contributed by atoms with E-state index < -0.39 is 0 Å². The van der Waals surface area contributed by atoms with Gasteiger partial charge >= 0.3 is 0 Å². The third kappa shape index (κ3) is 2.95. The predicted octanol–water partition coefficient (Wildman–Crippen LogP) is 3.36. The summed E-state index contributed by atoms with van der Waals surface area (Å²) >= 11 is 2.00. The van der Waals surface area contributed by atoms with Crippen LogP contribution in [0.5, 0.6) is 0 Å². The lowest BCUT2D eigenvalue weighted by Gasteiger charge is -2.20. The number of β-amino-alcohol motifs (C(OH)–C–C–N with tert-alkyl or cyclic N) is 1. The smallest absolute Gasteiger partial charge is 0.0679 e. The molecule has 3 heteroatoms. The lowest BCUT2D eigenvalue weighted by molar-refractivity contribution is 0.175. The monoisotopic (exact) mass is 265 g/mol. The van der Waals surface area contributed by atoms with E-state index in [9.17, 15) is 5.11 Å². The number of thiophene rings is 1. The normalized spacial score (nSPS) is 26.8. The maximum Gasteiger partial charge on any atom is 0.0679 e. The van der Waals surface area contributed by atoms with E-state index >= 15 is 0 Å². The van der Waals surface area contributed by atoms with Gasteiger partial charge in [0.25, 0.3) is 0 Å². The Balaban J connectivity index is 1.59. The van der Waals surface area contributed by atoms with E-state index in [2.05, 4.69) is 17.0 Å². The lowest BCUT2D eigenvalue weighted by Crippen LogP contribution is -2.20. The molecule has 100 valence electrons. The lowest BCUT2D eigenvalue weighted by atomic mass is 9.88. The van der Waals surface area contributed by atoms with Gasteiger partial charge in [-0.25, -0.2) is 0 Å². The fraction of sp³-hybridized carbons (Fsp3) is 0.733. The highest BCUT2D eigenvalue weighted by atomic mass is 32.1. The van der Waals surface area contributed by atoms with Gasteiger partial charge in [0.1, 0.15) is 0 Å². The van der Waals surface area contributed by atoms with Crippen LogP contribution >= 0.6 is 11.3 Å². The van der Waals surface area contributed by atoms with Gasteiger partial charge in [-0.05, 0) is 37.3 Å². The molecule has 0 spiro atoms. The van der Waals surface area contributed by atoms with E-state index in [-0.39, 0.29) is 6.10 Å². The summed E-state index contributed by atoms with van der Waals surface area (Å²) in [6.45, 7) is 2.95. The highest BCUT2D eigenvalue weighted by molar-refractivity contribution is 7.12. The molecule has 1 aliphatic heterocycles. The first-order valence-electron chi connectivity index (χ1n) is 7.30. The molecule has 1 N–H and O–H groups in total. The Labute approximate surface area is 114 Å². The topological polar surface area (TPSA) is 23.5 Å². The molecule has 1 saturated carbocycles. The van der Waals surface area contributed by atoms with Gasteiger partial charge < -0.3 is 5.11 Å². The van der Waals surface area contributed by atoms with Crippen molar-refractivity contribution in [3.63, 3.8) is 0 Å². The minimum atomic E-state index is -0.0947. The molecule has 1 saturated heterocycles. The van der Waals surface area contributed by atoms with Crippen molar-refractivity contribution in [1.29, 1.82) is 0 Å². The molecule has 18 heavy (non-hydrogen) atoms. The molecule has 2 aliphatic rings. The summed E-state index contributed by atoms with van der Waals surface area (Å²) in [6.07, 6.45) is 7.89. The van der Waals surface area contributed by atoms with E-state index in [0.29, 0.717) is 0 Å². The Hall–Kier alpha value is -0.380. The second kappa shape index (κ2) is 5.72. The van der Waals surface area contributed by atoms with Crippen molar-refractivity contribution >= 4 is 11.3 Å². The van der Waals surface area contributed by atoms with Gasteiger partial charge in [0.15, 0.2) is 0 Å². The van der Waals surface area contributed by atoms with Crippen LogP contribution in [0.25, 0.3) is 0 Å². The molecule has 1 unspecified atom stereocenters. The number of hydrogen-bond acceptors (Lipinski definition) is 3. The van der Waals surface area contributed by atoms with Gasteiger partial charge in [-0.1, -0.05) is 19.3 Å². The van der Waals surface area contributed by atoms with Crippen molar-refractivity contribution in [1.82, 2.24) is 4.90 Å². The Morgan fingerprint density at radius 2 is 2.00 bits per heavy atom. The molecule has 0 aromatic carbocycles. The molecule has 3 rings (SSSR count). The molecule has 2 nitrogen and oxygen atoms in total. The van der Waals surface area contributed by atoms with Crippen molar-refractivity contribution in [2.24, 2.45) is 0 Å². The molecule has 1 aliphatic carbocycles. The summed E-state index contributed by atoms with van der Waals surface area (Å²) in [4.78, 5) is 5.45. The summed E-state index contributed by atoms with van der Waals surface area (Å²) in [5.74, 6) is 0.835. The van der Waals surface area contributed by atoms with Crippen LogP contribution in [0, 0.1) is 0 Å². The zero-order valence-corrected chi connectivity index (χ0v) is 11.8. The molecule has 1 aromatic rings. The number of rotatable bonds is 3. The summed E-state index contributed by atoms with van der Waals surface area (Å²) in [5, 5.41) is 9.55. The van der Waals surface area contributed by atoms with E-state index in [1.54, 1.807) is 4.88 Å². The van der Waals surface area contributed by atoms with Crippen molar-refractivity contribution in [3.05, 3.63) is 21.9 Å². The van der Waals surface area contributed by atoms with Crippen LogP contribution in [-0.2, 0) is 6.54 Å². The number of aliphatic hydroxyl groups is 1. The molecule has 2 heterocycles. The summed E-state index contributed by atoms with van der Waals surface area (Å²) in [7, 11) is 0. The highest BCUT2D eigenvalue weighted by Gasteiger charge is 2.21. The predicted molar refractivity (Wildman–Crippen MR) is 76.0 cm³/mol. The zero-order chi connectivity index (χ0) is 12.4. The van der Waals surface area contributed by atoms with Gasteiger partial charge in [-0.3, -0.25) is 4.90 Å². The second-order valence-electron chi connectivity index (χ2n) is 5.82. The highest BCUT2D eigenvalue weighted by Crippen LogP contribution is 2.36. The van der Waals surface area contributed by atoms with Gasteiger partial charge in [0.2, 0.25) is 0 Å². The first-order valence-corrected chi connectivity index (χ1v) is 8.12. The maximum absolute atomic E-state index is 9.55. The van der Waals surface area contributed by atoms with Crippen molar-refractivity contribution in [2.45, 2.75) is 57.1 Å². The van der Waals surface area contributed by atoms with E-state index in [1.165, 1.54) is 37.0 Å². The third-order valence-corrected chi connectivity index (χ3v) is 5.55. The fourth-order valence-corrected chi connectivity index (χ4v) is 4.49. The number of aliphatic hydroxyl groups excluding tert-OH is 1. The first-order chi connectivity index (χ1) is 8.81. The zero-order valence-electron chi connectivity index (χ0n) is 11.0. The van der Waals surface area contributed by atoms with Gasteiger partial charge in [0.05, 0.1) is 6.10 Å². The third-order valence-electron chi connectivity index (χ3n) is 4.32. The SMILES string of the molecule is OC1CCN(Cc2ccc(C3CCCCC3)s2)C1. The number of hydrogen-bond donors (Lipinski definition) is 1. The Morgan fingerprint density at radius 1 is 1.17 bits per heavy atom.